The number of nitrogens with one attached hydrogen (secondary N) is 2. The third-order valence-electron chi connectivity index (χ3n) is 23.5. The van der Waals surface area contributed by atoms with Gasteiger partial charge in [-0.3, -0.25) is 4.79 Å². The monoisotopic (exact) mass is 2360 g/mol. The summed E-state index contributed by atoms with van der Waals surface area (Å²) in [6, 6.07) is 148. The van der Waals surface area contributed by atoms with Crippen LogP contribution in [0.2, 0.25) is 0 Å². The van der Waals surface area contributed by atoms with E-state index in [1.165, 1.54) is 110 Å². The van der Waals surface area contributed by atoms with Gasteiger partial charge in [-0.15, -0.1) is 0 Å². The Bertz CT molecular complexity index is 5900. The van der Waals surface area contributed by atoms with Crippen LogP contribution in [-0.4, -0.2) is 77.6 Å². The number of carbonyl (C=O) groups is 3. The number of hydrogen-bond acceptors (Lipinski definition) is 8. The van der Waals surface area contributed by atoms with Crippen LogP contribution in [0.25, 0.3) is 11.1 Å². The first-order valence-corrected chi connectivity index (χ1v) is 58.4. The summed E-state index contributed by atoms with van der Waals surface area (Å²) in [4.78, 5) is 37.2. The molecule has 0 aliphatic heterocycles. The zero-order valence-electron chi connectivity index (χ0n) is 82.6. The average Bonchev–Trinajstić information content (AvgIpc) is 1.03. The molecular weight excluding hydrogens is 2240 g/mol. The molecule has 5 aliphatic rings. The molecule has 4 atom stereocenters. The molecule has 0 spiro atoms. The van der Waals surface area contributed by atoms with Gasteiger partial charge >= 0.3 is 7.12 Å². The topological polar surface area (TPSA) is 143 Å². The number of imidazole rings is 1. The number of H-pyrrole nitrogens is 2. The number of aliphatic hydroxyl groups excluding tert-OH is 1. The molecule has 23 heteroatoms. The minimum Gasteiger partial charge on any atom is -0.423 e. The van der Waals surface area contributed by atoms with Gasteiger partial charge in [0.2, 0.25) is 0 Å². The van der Waals surface area contributed by atoms with Gasteiger partial charge in [0.1, 0.15) is 30.0 Å². The molecule has 757 valence electrons. The molecule has 1 aromatic heterocycles. The number of carbonyl (C=O) groups excluding carboxylic acids is 3. The number of halogens is 6. The molecular formula is C125H121B2Br3F3N2O6P4PdS2. The maximum Gasteiger partial charge on any atom is 0.488 e. The van der Waals surface area contributed by atoms with Crippen LogP contribution in [0.3, 0.4) is 0 Å². The summed E-state index contributed by atoms with van der Waals surface area (Å²) in [6.45, 7) is 0. The molecule has 5 N–H and O–H groups in total. The minimum atomic E-state index is -1.59. The van der Waals surface area contributed by atoms with E-state index in [9.17, 15) is 27.6 Å². The molecule has 148 heavy (non-hydrogen) atoms. The van der Waals surface area contributed by atoms with Gasteiger partial charge in [-0.2, -0.15) is 11.8 Å². The van der Waals surface area contributed by atoms with Crippen molar-refractivity contribution in [3.8, 4) is 0 Å². The second-order valence-electron chi connectivity index (χ2n) is 33.9. The van der Waals surface area contributed by atoms with Crippen LogP contribution >= 0.6 is 103 Å². The fourth-order valence-corrected chi connectivity index (χ4v) is 27.5. The van der Waals surface area contributed by atoms with E-state index in [1.54, 1.807) is 30.0 Å². The fraction of sp³-hybridized carbons (Fsp3) is 0.152. The van der Waals surface area contributed by atoms with Crippen LogP contribution in [0.15, 0.2) is 487 Å². The normalized spacial score (nSPS) is 14.6. The molecule has 0 unspecified atom stereocenters. The number of aromatic amines is 2. The first-order valence-electron chi connectivity index (χ1n) is 48.6. The number of aliphatic hydroxyl groups is 1. The summed E-state index contributed by atoms with van der Waals surface area (Å²) < 4.78 is 42.3. The van der Waals surface area contributed by atoms with Crippen molar-refractivity contribution in [2.24, 2.45) is 17.8 Å². The summed E-state index contributed by atoms with van der Waals surface area (Å²) in [6.07, 6.45) is 30.2. The molecule has 8 nitrogen and oxygen atoms in total. The maximum absolute atomic E-state index is 13.3. The molecule has 5 aliphatic carbocycles. The summed E-state index contributed by atoms with van der Waals surface area (Å²) in [5.41, 5.74) is 5.57. The number of allylic oxidation sites excluding steroid dienone is 9. The largest absolute Gasteiger partial charge is 0.488 e. The van der Waals surface area contributed by atoms with Crippen LogP contribution in [0, 0.1) is 40.0 Å². The van der Waals surface area contributed by atoms with Crippen molar-refractivity contribution in [3.05, 3.63) is 526 Å². The van der Waals surface area contributed by atoms with E-state index in [1.807, 2.05) is 43.0 Å². The summed E-state index contributed by atoms with van der Waals surface area (Å²) >= 11 is 16.5. The molecule has 0 amide bonds. The fourth-order valence-electron chi connectivity index (χ4n) is 16.6. The van der Waals surface area contributed by atoms with Gasteiger partial charge < -0.3 is 34.7 Å². The average molecular weight is 2360 g/mol. The molecule has 0 saturated carbocycles. The summed E-state index contributed by atoms with van der Waals surface area (Å²) in [7, 11) is -3.37. The van der Waals surface area contributed by atoms with Crippen LogP contribution in [-0.2, 0) is 41.2 Å². The Kier molecular flexibility index (Phi) is 56.4. The number of aromatic nitrogens is 2. The van der Waals surface area contributed by atoms with E-state index in [0.717, 1.165) is 114 Å². The Balaban J connectivity index is 0.000000185. The predicted molar refractivity (Wildman–Crippen MR) is 640 cm³/mol. The molecule has 0 fully saturated rings. The number of ketones is 1. The van der Waals surface area contributed by atoms with E-state index in [4.69, 9.17) is 27.4 Å². The number of hydrogen-bond donors (Lipinski definition) is 5. The molecule has 21 rings (SSSR count). The Morgan fingerprint density at radius 3 is 0.851 bits per heavy atom. The first-order chi connectivity index (χ1) is 71.4. The van der Waals surface area contributed by atoms with Crippen molar-refractivity contribution in [2.75, 3.05) is 12.5 Å². The van der Waals surface area contributed by atoms with E-state index in [0.29, 0.717) is 35.9 Å². The Morgan fingerprint density at radius 1 is 0.365 bits per heavy atom. The Hall–Kier alpha value is -10.6. The van der Waals surface area contributed by atoms with Crippen molar-refractivity contribution >= 4 is 218 Å². The van der Waals surface area contributed by atoms with Crippen LogP contribution in [0.1, 0.15) is 93.9 Å². The van der Waals surface area contributed by atoms with Gasteiger partial charge in [-0.1, -0.05) is 463 Å². The van der Waals surface area contributed by atoms with Crippen LogP contribution < -0.4 is 69.1 Å². The summed E-state index contributed by atoms with van der Waals surface area (Å²) in [5, 5.41) is 42.7. The van der Waals surface area contributed by atoms with Crippen molar-refractivity contribution in [3.63, 3.8) is 0 Å². The zero-order valence-corrected chi connectivity index (χ0v) is 94.1. The van der Waals surface area contributed by atoms with E-state index < -0.39 is 44.6 Å². The number of aldehydes is 2. The molecule has 15 aromatic carbocycles. The quantitative estimate of drug-likeness (QED) is 0.0207. The maximum atomic E-state index is 13.3. The van der Waals surface area contributed by atoms with Crippen LogP contribution in [0.4, 0.5) is 13.2 Å². The smallest absolute Gasteiger partial charge is 0.423 e. The van der Waals surface area contributed by atoms with E-state index in [2.05, 4.69) is 440 Å². The third-order valence-corrected chi connectivity index (χ3v) is 36.0. The van der Waals surface area contributed by atoms with Gasteiger partial charge in [0.25, 0.3) is 0 Å². The first kappa shape index (κ1) is 121. The Labute approximate surface area is 927 Å². The standard InChI is InChI=1S/4C18H15P.C15H15FN2S.C13H13FO.C7H9BrO.C6H6BFO2.C5H7BrO.C5H5BrO.C2H6S.B.Pd/c4*1-4-10-16(11-5-1)19(17-12-6-2-7-13-17)18-14-8-3-9-15-18;16-12-5-1-3-10(7-12)14-6-2-4-11(14)8-13-9-17-15(19)18-13;14-12-5-1-4-11(9-12)13-6-2-3-10(13)7-8-15;8-7-3-1-2-6(7)4-5-9;8-6-3-1-2-5(4-6)7(9)10;2*6-4-2-1-3-5(4)7;1-3-2;;/h4*1-15H;1,3,5-7,9,11H,2,4,8H2,(H2,17,18,19);1,4-6,8-10H,2-3,7H2;3,5-6H,1-2,4H2;1-4,9-10H;2,5,7H,1,3H2;2H,1,3H2;1-2H3;;/t;;;;11-;10-;6-;;5-;;;;/m....001.0..../s1. The predicted octanol–water partition coefficient (Wildman–Crippen LogP) is 26.6. The van der Waals surface area contributed by atoms with Crippen molar-refractivity contribution < 1.29 is 63.1 Å². The van der Waals surface area contributed by atoms with Gasteiger partial charge in [0, 0.05) is 64.5 Å². The number of benzene rings is 15. The number of thioether (sulfide) groups is 1. The van der Waals surface area contributed by atoms with E-state index >= 15 is 0 Å². The zero-order chi connectivity index (χ0) is 103. The second-order valence-corrected chi connectivity index (χ2v) is 46.7. The Morgan fingerprint density at radius 2 is 0.635 bits per heavy atom. The minimum absolute atomic E-state index is 0. The van der Waals surface area contributed by atoms with Crippen molar-refractivity contribution in [1.29, 1.82) is 0 Å². The summed E-state index contributed by atoms with van der Waals surface area (Å²) in [5.74, 6) is 0.580. The van der Waals surface area contributed by atoms with Gasteiger partial charge in [0.05, 0.1) is 10.6 Å². The van der Waals surface area contributed by atoms with Gasteiger partial charge in [-0.25, -0.2) is 13.2 Å². The molecule has 3 radical (unpaired) electrons. The number of Topliss-reactive ketones (excluding diaryl/α,β-unsaturated/α-hetero) is 1. The molecule has 1 heterocycles. The van der Waals surface area contributed by atoms with Gasteiger partial charge in [0.15, 0.2) is 10.6 Å². The number of rotatable bonds is 21. The molecule has 0 saturated heterocycles. The van der Waals surface area contributed by atoms with Crippen LogP contribution in [0.5, 0.6) is 0 Å². The third kappa shape index (κ3) is 41.0. The molecule has 0 bridgehead atoms. The SMILES string of the molecule is CSC.Fc1cccc(C2=CCC[C@H]2Cc2c[nH]c(=S)[nH]2)c1.O=C1CCC=C1Br.O=CC[C@@H]1CCC=C1c1cccc(F)c1.O=CC[C@H]1CCC=C1Br.OB(O)c1cccc(F)c1.O[C@H]1CCC=C1Br.[B].[Pd].c1ccc(P(c2ccccc2)c2ccccc2)cc1.c1ccc(P(c2ccccc2)c2ccccc2)cc1.c1ccc(P(c2ccccc2)c2ccccc2)cc1.c1ccc(P(c2ccccc2)c2ccccc2)cc1. The van der Waals surface area contributed by atoms with Crippen molar-refractivity contribution in [1.82, 2.24) is 9.97 Å². The molecule has 16 aromatic rings. The second kappa shape index (κ2) is 69.0. The van der Waals surface area contributed by atoms with Crippen molar-refractivity contribution in [2.45, 2.75) is 89.6 Å². The van der Waals surface area contributed by atoms with E-state index in [-0.39, 0.29) is 63.7 Å². The van der Waals surface area contributed by atoms with Gasteiger partial charge in [-0.05, 0) is 287 Å².